The van der Waals surface area contributed by atoms with Crippen molar-refractivity contribution in [2.45, 2.75) is 58.4 Å². The molecule has 2 aromatic carbocycles. The van der Waals surface area contributed by atoms with Crippen LogP contribution in [0.4, 0.5) is 23.0 Å². The Kier molecular flexibility index (Phi) is 11.2. The van der Waals surface area contributed by atoms with Crippen molar-refractivity contribution in [1.29, 1.82) is 0 Å². The summed E-state index contributed by atoms with van der Waals surface area (Å²) in [6.45, 7) is 17.6. The van der Waals surface area contributed by atoms with Crippen LogP contribution in [0, 0.1) is 20.8 Å². The van der Waals surface area contributed by atoms with Crippen LogP contribution in [-0.2, 0) is 4.74 Å². The van der Waals surface area contributed by atoms with Crippen molar-refractivity contribution < 1.29 is 4.74 Å². The monoisotopic (exact) mass is 481 g/mol. The van der Waals surface area contributed by atoms with Crippen LogP contribution < -0.4 is 16.0 Å². The summed E-state index contributed by atoms with van der Waals surface area (Å²) < 4.78 is 5.43. The van der Waals surface area contributed by atoms with Gasteiger partial charge in [0.2, 0.25) is 5.95 Å². The largest absolute Gasteiger partial charge is 0.399 e. The molecule has 34 heavy (non-hydrogen) atoms. The molecule has 1 fully saturated rings. The number of rotatable bonds is 5. The quantitative estimate of drug-likeness (QED) is 0.308. The lowest BCUT2D eigenvalue weighted by atomic mass is 10.1. The third-order valence-electron chi connectivity index (χ3n) is 5.11. The topological polar surface area (TPSA) is 76.3 Å². The Labute approximate surface area is 209 Å². The van der Waals surface area contributed by atoms with Gasteiger partial charge in [0, 0.05) is 46.8 Å². The van der Waals surface area contributed by atoms with Crippen LogP contribution >= 0.6 is 11.8 Å². The molecule has 1 aromatic heterocycles. The summed E-state index contributed by atoms with van der Waals surface area (Å²) in [7, 11) is 0. The number of aryl methyl sites for hydroxylation is 3. The van der Waals surface area contributed by atoms with E-state index < -0.39 is 0 Å². The fourth-order valence-electron chi connectivity index (χ4n) is 3.54. The summed E-state index contributed by atoms with van der Waals surface area (Å²) in [6.07, 6.45) is 1.86. The summed E-state index contributed by atoms with van der Waals surface area (Å²) in [6, 6.07) is 12.4. The van der Waals surface area contributed by atoms with Crippen molar-refractivity contribution in [1.82, 2.24) is 9.97 Å². The number of nitrogens with one attached hydrogen (secondary N) is 1. The Bertz CT molecular complexity index is 1010. The normalized spacial score (nSPS) is 12.7. The molecule has 3 N–H and O–H groups in total. The molecule has 1 saturated heterocycles. The van der Waals surface area contributed by atoms with E-state index >= 15 is 0 Å². The van der Waals surface area contributed by atoms with Crippen LogP contribution in [0.5, 0.6) is 0 Å². The van der Waals surface area contributed by atoms with Crippen molar-refractivity contribution in [3.63, 3.8) is 0 Å². The number of morpholine rings is 1. The minimum absolute atomic E-state index is 0.591. The second-order valence-electron chi connectivity index (χ2n) is 7.54. The molecule has 184 valence electrons. The minimum atomic E-state index is 0.591. The lowest BCUT2D eigenvalue weighted by molar-refractivity contribution is 0.122. The third-order valence-corrected chi connectivity index (χ3v) is 6.56. The molecular weight excluding hydrogens is 442 g/mol. The Morgan fingerprint density at radius 2 is 1.50 bits per heavy atom. The van der Waals surface area contributed by atoms with Gasteiger partial charge in [-0.2, -0.15) is 0 Å². The number of nitrogen functional groups attached to an aromatic ring is 1. The Morgan fingerprint density at radius 3 is 2.09 bits per heavy atom. The van der Waals surface area contributed by atoms with Gasteiger partial charge in [-0.05, 0) is 68.3 Å². The SMILES string of the molecule is CC.CC.Cc1cnc(Nc2ccc(N3CCOCC3)cc2)nc1Sc1c(C)cc(N)cc1C. The Balaban J connectivity index is 0.000000970. The predicted octanol–water partition coefficient (Wildman–Crippen LogP) is 6.77. The minimum Gasteiger partial charge on any atom is -0.399 e. The molecule has 0 spiro atoms. The maximum atomic E-state index is 5.97. The second-order valence-corrected chi connectivity index (χ2v) is 8.54. The lowest BCUT2D eigenvalue weighted by Crippen LogP contribution is -2.36. The molecule has 1 aliphatic rings. The van der Waals surface area contributed by atoms with Crippen molar-refractivity contribution in [3.05, 3.63) is 59.3 Å². The molecular formula is C27H39N5OS. The zero-order valence-electron chi connectivity index (χ0n) is 21.6. The molecule has 7 heteroatoms. The number of ether oxygens (including phenoxy) is 1. The van der Waals surface area contributed by atoms with E-state index in [0.29, 0.717) is 5.95 Å². The number of hydrogen-bond acceptors (Lipinski definition) is 7. The lowest BCUT2D eigenvalue weighted by Gasteiger charge is -2.28. The van der Waals surface area contributed by atoms with Gasteiger partial charge in [0.1, 0.15) is 5.03 Å². The van der Waals surface area contributed by atoms with Gasteiger partial charge in [-0.15, -0.1) is 0 Å². The van der Waals surface area contributed by atoms with E-state index in [1.54, 1.807) is 11.8 Å². The highest BCUT2D eigenvalue weighted by atomic mass is 32.2. The number of nitrogens with two attached hydrogens (primary N) is 1. The van der Waals surface area contributed by atoms with E-state index in [9.17, 15) is 0 Å². The summed E-state index contributed by atoms with van der Waals surface area (Å²) in [4.78, 5) is 12.7. The number of aromatic nitrogens is 2. The number of nitrogens with zero attached hydrogens (tertiary/aromatic N) is 3. The summed E-state index contributed by atoms with van der Waals surface area (Å²) in [5.74, 6) is 0.591. The van der Waals surface area contributed by atoms with Crippen LogP contribution in [0.25, 0.3) is 0 Å². The van der Waals surface area contributed by atoms with E-state index in [4.69, 9.17) is 15.5 Å². The molecule has 0 bridgehead atoms. The molecule has 1 aliphatic heterocycles. The van der Waals surface area contributed by atoms with Crippen LogP contribution in [0.15, 0.2) is 52.5 Å². The van der Waals surface area contributed by atoms with Gasteiger partial charge >= 0.3 is 0 Å². The zero-order valence-corrected chi connectivity index (χ0v) is 22.4. The summed E-state index contributed by atoms with van der Waals surface area (Å²) in [5.41, 5.74) is 12.3. The van der Waals surface area contributed by atoms with E-state index in [1.165, 1.54) is 10.6 Å². The first-order valence-electron chi connectivity index (χ1n) is 12.1. The molecule has 4 rings (SSSR count). The molecule has 6 nitrogen and oxygen atoms in total. The van der Waals surface area contributed by atoms with Crippen molar-refractivity contribution in [3.8, 4) is 0 Å². The average Bonchev–Trinajstić information content (AvgIpc) is 2.86. The van der Waals surface area contributed by atoms with E-state index in [2.05, 4.69) is 53.3 Å². The van der Waals surface area contributed by atoms with Crippen LogP contribution in [-0.4, -0.2) is 36.3 Å². The fraction of sp³-hybridized carbons (Fsp3) is 0.407. The third kappa shape index (κ3) is 7.37. The van der Waals surface area contributed by atoms with Crippen molar-refractivity contribution >= 4 is 34.8 Å². The van der Waals surface area contributed by atoms with Gasteiger partial charge in [-0.3, -0.25) is 0 Å². The first-order valence-corrected chi connectivity index (χ1v) is 12.9. The summed E-state index contributed by atoms with van der Waals surface area (Å²) >= 11 is 1.66. The molecule has 0 amide bonds. The maximum absolute atomic E-state index is 5.97. The highest BCUT2D eigenvalue weighted by Gasteiger charge is 2.13. The molecule has 0 radical (unpaired) electrons. The number of benzene rings is 2. The van der Waals surface area contributed by atoms with Crippen molar-refractivity contribution in [2.24, 2.45) is 0 Å². The highest BCUT2D eigenvalue weighted by Crippen LogP contribution is 2.35. The van der Waals surface area contributed by atoms with Gasteiger partial charge in [0.15, 0.2) is 0 Å². The molecule has 2 heterocycles. The van der Waals surface area contributed by atoms with Crippen molar-refractivity contribution in [2.75, 3.05) is 42.3 Å². The van der Waals surface area contributed by atoms with Crippen LogP contribution in [0.1, 0.15) is 44.4 Å². The van der Waals surface area contributed by atoms with Gasteiger partial charge in [0.25, 0.3) is 0 Å². The predicted molar refractivity (Wildman–Crippen MR) is 147 cm³/mol. The second kappa shape index (κ2) is 13.8. The van der Waals surface area contributed by atoms with E-state index in [-0.39, 0.29) is 0 Å². The smallest absolute Gasteiger partial charge is 0.228 e. The molecule has 0 saturated carbocycles. The molecule has 0 atom stereocenters. The van der Waals surface area contributed by atoms with Gasteiger partial charge < -0.3 is 20.7 Å². The first kappa shape index (κ1) is 27.5. The fourth-order valence-corrected chi connectivity index (χ4v) is 4.52. The molecule has 0 unspecified atom stereocenters. The number of anilines is 4. The zero-order chi connectivity index (χ0) is 25.1. The Morgan fingerprint density at radius 1 is 0.912 bits per heavy atom. The number of hydrogen-bond donors (Lipinski definition) is 2. The Hall–Kier alpha value is -2.77. The average molecular weight is 482 g/mol. The first-order chi connectivity index (χ1) is 16.5. The molecule has 3 aromatic rings. The standard InChI is InChI=1S/C23H27N5OS.2C2H6/c1-15-12-18(24)13-16(2)21(15)30-22-17(3)14-25-23(27-22)26-19-4-6-20(7-5-19)28-8-10-29-11-9-28;2*1-2/h4-7,12-14H,8-11,24H2,1-3H3,(H,25,26,27);2*1-2H3. The van der Waals surface area contributed by atoms with Gasteiger partial charge in [-0.1, -0.05) is 39.5 Å². The van der Waals surface area contributed by atoms with E-state index in [1.807, 2.05) is 52.9 Å². The van der Waals surface area contributed by atoms with Gasteiger partial charge in [-0.25, -0.2) is 9.97 Å². The molecule has 0 aliphatic carbocycles. The summed E-state index contributed by atoms with van der Waals surface area (Å²) in [5, 5.41) is 4.27. The van der Waals surface area contributed by atoms with Crippen LogP contribution in [0.3, 0.4) is 0 Å². The van der Waals surface area contributed by atoms with E-state index in [0.717, 1.165) is 59.4 Å². The highest BCUT2D eigenvalue weighted by molar-refractivity contribution is 7.99. The maximum Gasteiger partial charge on any atom is 0.228 e. The van der Waals surface area contributed by atoms with Gasteiger partial charge in [0.05, 0.1) is 13.2 Å². The van der Waals surface area contributed by atoms with Crippen LogP contribution in [0.2, 0.25) is 0 Å².